The zero-order valence-electron chi connectivity index (χ0n) is 12.4. The summed E-state index contributed by atoms with van der Waals surface area (Å²) in [7, 11) is 0. The van der Waals surface area contributed by atoms with Gasteiger partial charge in [-0.05, 0) is 13.0 Å². The lowest BCUT2D eigenvalue weighted by atomic mass is 10.1. The van der Waals surface area contributed by atoms with E-state index < -0.39 is 0 Å². The maximum Gasteiger partial charge on any atom is 0.237 e. The van der Waals surface area contributed by atoms with E-state index in [4.69, 9.17) is 0 Å². The molecule has 1 aromatic heterocycles. The standard InChI is InChI=1S/C13H21N5O2S/c1-3-11-16-17-12(21-11)8-15-10(19)7-9-13(20)14-5-6-18(9)4-2/h9H,3-8H2,1-2H3,(H,14,20)(H,15,19). The van der Waals surface area contributed by atoms with Crippen molar-refractivity contribution >= 4 is 23.2 Å². The molecule has 0 aromatic carbocycles. The average Bonchev–Trinajstić information content (AvgIpc) is 2.95. The third-order valence-electron chi connectivity index (χ3n) is 3.47. The number of likely N-dealkylation sites (N-methyl/N-ethyl adjacent to an activating group) is 1. The van der Waals surface area contributed by atoms with Gasteiger partial charge >= 0.3 is 0 Å². The Bertz CT molecular complexity index is 505. The van der Waals surface area contributed by atoms with Crippen LogP contribution in [-0.4, -0.2) is 52.6 Å². The van der Waals surface area contributed by atoms with Crippen molar-refractivity contribution in [3.63, 3.8) is 0 Å². The quantitative estimate of drug-likeness (QED) is 0.768. The van der Waals surface area contributed by atoms with Gasteiger partial charge in [0.1, 0.15) is 10.0 Å². The number of amides is 2. The molecule has 2 rings (SSSR count). The SMILES string of the molecule is CCc1nnc(CNC(=O)CC2C(=O)NCCN2CC)s1. The number of nitrogens with one attached hydrogen (secondary N) is 2. The molecule has 2 heterocycles. The van der Waals surface area contributed by atoms with E-state index >= 15 is 0 Å². The van der Waals surface area contributed by atoms with E-state index in [1.54, 1.807) is 0 Å². The minimum absolute atomic E-state index is 0.0672. The van der Waals surface area contributed by atoms with Gasteiger partial charge in [-0.3, -0.25) is 14.5 Å². The summed E-state index contributed by atoms with van der Waals surface area (Å²) < 4.78 is 0. The molecule has 1 atom stereocenters. The fourth-order valence-electron chi connectivity index (χ4n) is 2.29. The highest BCUT2D eigenvalue weighted by molar-refractivity contribution is 7.11. The van der Waals surface area contributed by atoms with Crippen molar-refractivity contribution in [2.75, 3.05) is 19.6 Å². The molecular weight excluding hydrogens is 290 g/mol. The van der Waals surface area contributed by atoms with Gasteiger partial charge in [0.15, 0.2) is 0 Å². The maximum atomic E-state index is 12.0. The molecule has 1 unspecified atom stereocenters. The van der Waals surface area contributed by atoms with Gasteiger partial charge in [0.05, 0.1) is 19.0 Å². The van der Waals surface area contributed by atoms with Gasteiger partial charge < -0.3 is 10.6 Å². The Morgan fingerprint density at radius 2 is 2.19 bits per heavy atom. The van der Waals surface area contributed by atoms with Crippen molar-refractivity contribution < 1.29 is 9.59 Å². The molecule has 1 aliphatic heterocycles. The van der Waals surface area contributed by atoms with Crippen LogP contribution in [0.25, 0.3) is 0 Å². The van der Waals surface area contributed by atoms with Crippen molar-refractivity contribution in [3.8, 4) is 0 Å². The Balaban J connectivity index is 1.84. The summed E-state index contributed by atoms with van der Waals surface area (Å²) in [5.74, 6) is -0.203. The van der Waals surface area contributed by atoms with E-state index in [9.17, 15) is 9.59 Å². The minimum atomic E-state index is -0.371. The largest absolute Gasteiger partial charge is 0.353 e. The average molecular weight is 311 g/mol. The second-order valence-electron chi connectivity index (χ2n) is 4.86. The smallest absolute Gasteiger partial charge is 0.237 e. The highest BCUT2D eigenvalue weighted by Gasteiger charge is 2.30. The van der Waals surface area contributed by atoms with Crippen LogP contribution in [0.3, 0.4) is 0 Å². The molecule has 2 N–H and O–H groups in total. The van der Waals surface area contributed by atoms with Crippen LogP contribution >= 0.6 is 11.3 Å². The fraction of sp³-hybridized carbons (Fsp3) is 0.692. The second-order valence-corrected chi connectivity index (χ2v) is 6.01. The van der Waals surface area contributed by atoms with Gasteiger partial charge in [-0.25, -0.2) is 0 Å². The van der Waals surface area contributed by atoms with Gasteiger partial charge in [-0.1, -0.05) is 25.2 Å². The molecule has 0 saturated carbocycles. The van der Waals surface area contributed by atoms with Crippen LogP contribution in [0, 0.1) is 0 Å². The summed E-state index contributed by atoms with van der Waals surface area (Å²) in [5.41, 5.74) is 0. The summed E-state index contributed by atoms with van der Waals surface area (Å²) in [6.45, 7) is 6.59. The zero-order valence-corrected chi connectivity index (χ0v) is 13.2. The first-order valence-electron chi connectivity index (χ1n) is 7.23. The van der Waals surface area contributed by atoms with E-state index in [1.165, 1.54) is 11.3 Å². The summed E-state index contributed by atoms with van der Waals surface area (Å²) >= 11 is 1.50. The third-order valence-corrected chi connectivity index (χ3v) is 4.54. The lowest BCUT2D eigenvalue weighted by Gasteiger charge is -2.33. The molecule has 7 nitrogen and oxygen atoms in total. The fourth-order valence-corrected chi connectivity index (χ4v) is 3.01. The van der Waals surface area contributed by atoms with Gasteiger partial charge in [-0.2, -0.15) is 0 Å². The molecule has 1 saturated heterocycles. The number of carbonyl (C=O) groups is 2. The van der Waals surface area contributed by atoms with Crippen LogP contribution in [0.2, 0.25) is 0 Å². The number of hydrogen-bond donors (Lipinski definition) is 2. The molecule has 0 bridgehead atoms. The molecule has 1 fully saturated rings. The lowest BCUT2D eigenvalue weighted by Crippen LogP contribution is -2.56. The van der Waals surface area contributed by atoms with Crippen molar-refractivity contribution in [2.24, 2.45) is 0 Å². The first-order valence-corrected chi connectivity index (χ1v) is 8.05. The van der Waals surface area contributed by atoms with E-state index in [-0.39, 0.29) is 24.3 Å². The lowest BCUT2D eigenvalue weighted by molar-refractivity contribution is -0.133. The van der Waals surface area contributed by atoms with E-state index in [0.29, 0.717) is 13.1 Å². The van der Waals surface area contributed by atoms with Crippen LogP contribution in [0.5, 0.6) is 0 Å². The van der Waals surface area contributed by atoms with Crippen LogP contribution in [0.4, 0.5) is 0 Å². The Labute approximate surface area is 128 Å². The second kappa shape index (κ2) is 7.46. The first-order chi connectivity index (χ1) is 10.1. The third kappa shape index (κ3) is 4.21. The minimum Gasteiger partial charge on any atom is -0.353 e. The van der Waals surface area contributed by atoms with Gasteiger partial charge in [0.25, 0.3) is 0 Å². The molecule has 21 heavy (non-hydrogen) atoms. The monoisotopic (exact) mass is 311 g/mol. The Kier molecular flexibility index (Phi) is 5.63. The number of aromatic nitrogens is 2. The van der Waals surface area contributed by atoms with Gasteiger partial charge in [0, 0.05) is 13.1 Å². The highest BCUT2D eigenvalue weighted by Crippen LogP contribution is 2.11. The molecule has 116 valence electrons. The van der Waals surface area contributed by atoms with E-state index in [0.717, 1.165) is 29.5 Å². The van der Waals surface area contributed by atoms with Crippen molar-refractivity contribution in [2.45, 2.75) is 39.3 Å². The van der Waals surface area contributed by atoms with Crippen molar-refractivity contribution in [1.82, 2.24) is 25.7 Å². The van der Waals surface area contributed by atoms with E-state index in [2.05, 4.69) is 20.8 Å². The first kappa shape index (κ1) is 15.8. The van der Waals surface area contributed by atoms with Crippen molar-refractivity contribution in [1.29, 1.82) is 0 Å². The Morgan fingerprint density at radius 1 is 1.43 bits per heavy atom. The molecule has 0 radical (unpaired) electrons. The summed E-state index contributed by atoms with van der Waals surface area (Å²) in [5, 5.41) is 15.4. The highest BCUT2D eigenvalue weighted by atomic mass is 32.1. The predicted molar refractivity (Wildman–Crippen MR) is 79.8 cm³/mol. The normalized spacial score (nSPS) is 19.3. The molecule has 2 amide bonds. The zero-order chi connectivity index (χ0) is 15.2. The van der Waals surface area contributed by atoms with Gasteiger partial charge in [-0.15, -0.1) is 10.2 Å². The maximum absolute atomic E-state index is 12.0. The Morgan fingerprint density at radius 3 is 2.86 bits per heavy atom. The molecule has 8 heteroatoms. The Hall–Kier alpha value is -1.54. The van der Waals surface area contributed by atoms with Crippen LogP contribution in [0.1, 0.15) is 30.3 Å². The number of piperazine rings is 1. The van der Waals surface area contributed by atoms with Crippen LogP contribution < -0.4 is 10.6 Å². The molecule has 0 aliphatic carbocycles. The van der Waals surface area contributed by atoms with Crippen LogP contribution in [-0.2, 0) is 22.6 Å². The summed E-state index contributed by atoms with van der Waals surface area (Å²) in [6.07, 6.45) is 1.03. The number of hydrogen-bond acceptors (Lipinski definition) is 6. The van der Waals surface area contributed by atoms with E-state index in [1.807, 2.05) is 18.7 Å². The van der Waals surface area contributed by atoms with Crippen molar-refractivity contribution in [3.05, 3.63) is 10.0 Å². The number of rotatable bonds is 6. The van der Waals surface area contributed by atoms with Gasteiger partial charge in [0.2, 0.25) is 11.8 Å². The topological polar surface area (TPSA) is 87.2 Å². The summed E-state index contributed by atoms with van der Waals surface area (Å²) in [4.78, 5) is 25.9. The molecule has 1 aliphatic rings. The van der Waals surface area contributed by atoms with Crippen LogP contribution in [0.15, 0.2) is 0 Å². The predicted octanol–water partition coefficient (Wildman–Crippen LogP) is -0.0729. The summed E-state index contributed by atoms with van der Waals surface area (Å²) in [6, 6.07) is -0.371. The molecule has 1 aromatic rings. The number of carbonyl (C=O) groups excluding carboxylic acids is 2. The number of nitrogens with zero attached hydrogens (tertiary/aromatic N) is 3. The molecular formula is C13H21N5O2S. The molecule has 0 spiro atoms. The number of aryl methyl sites for hydroxylation is 1.